The minimum Gasteiger partial charge on any atom is -0.242 e. The Balaban J connectivity index is 2.97. The highest BCUT2D eigenvalue weighted by molar-refractivity contribution is 7.80. The predicted molar refractivity (Wildman–Crippen MR) is 49.7 cm³/mol. The van der Waals surface area contributed by atoms with Crippen LogP contribution in [0.1, 0.15) is 11.4 Å². The summed E-state index contributed by atoms with van der Waals surface area (Å²) in [5.41, 5.74) is 0.962. The summed E-state index contributed by atoms with van der Waals surface area (Å²) in [4.78, 5) is 3.93. The minimum absolute atomic E-state index is 0.300. The van der Waals surface area contributed by atoms with Crippen LogP contribution in [0.25, 0.3) is 0 Å². The van der Waals surface area contributed by atoms with Crippen LogP contribution < -0.4 is 0 Å². The summed E-state index contributed by atoms with van der Waals surface area (Å²) in [6, 6.07) is 2.92. The van der Waals surface area contributed by atoms with E-state index in [1.165, 1.54) is 6.07 Å². The maximum atomic E-state index is 12.7. The van der Waals surface area contributed by atoms with Crippen molar-refractivity contribution in [1.82, 2.24) is 4.98 Å². The van der Waals surface area contributed by atoms with Crippen molar-refractivity contribution >= 4 is 12.6 Å². The molecule has 0 N–H and O–H groups in total. The van der Waals surface area contributed by atoms with E-state index in [1.807, 2.05) is 0 Å². The summed E-state index contributed by atoms with van der Waals surface area (Å²) in [5, 5.41) is 0. The molecule has 1 heterocycles. The van der Waals surface area contributed by atoms with Crippen LogP contribution in [-0.4, -0.2) is 10.7 Å². The first-order valence-electron chi connectivity index (χ1n) is 3.47. The molecule has 0 aliphatic rings. The van der Waals surface area contributed by atoms with Crippen LogP contribution in [0.15, 0.2) is 12.1 Å². The molecule has 3 heteroatoms. The van der Waals surface area contributed by atoms with E-state index in [0.29, 0.717) is 17.1 Å². The van der Waals surface area contributed by atoms with Gasteiger partial charge in [0.15, 0.2) is 0 Å². The maximum absolute atomic E-state index is 12.7. The molecule has 0 aliphatic carbocycles. The summed E-state index contributed by atoms with van der Waals surface area (Å²) >= 11 is 3.92. The van der Waals surface area contributed by atoms with E-state index in [1.54, 1.807) is 13.0 Å². The van der Waals surface area contributed by atoms with Gasteiger partial charge < -0.3 is 0 Å². The van der Waals surface area contributed by atoms with Gasteiger partial charge in [-0.15, -0.1) is 0 Å². The van der Waals surface area contributed by atoms with E-state index in [4.69, 9.17) is 0 Å². The van der Waals surface area contributed by atoms with E-state index in [2.05, 4.69) is 29.5 Å². The Kier molecular flexibility index (Phi) is 3.12. The number of aryl methyl sites for hydroxylation is 1. The number of hydrogen-bond acceptors (Lipinski definition) is 2. The van der Waals surface area contributed by atoms with Gasteiger partial charge in [0.05, 0.1) is 11.4 Å². The second-order valence-electron chi connectivity index (χ2n) is 2.22. The molecule has 62 valence electrons. The van der Waals surface area contributed by atoms with Gasteiger partial charge in [0.1, 0.15) is 11.5 Å². The fourth-order valence-electron chi connectivity index (χ4n) is 0.744. The van der Waals surface area contributed by atoms with Gasteiger partial charge in [-0.05, 0) is 25.0 Å². The largest absolute Gasteiger partial charge is 0.242 e. The van der Waals surface area contributed by atoms with Crippen LogP contribution in [0.5, 0.6) is 0 Å². The lowest BCUT2D eigenvalue weighted by Crippen LogP contribution is -1.90. The average molecular weight is 181 g/mol. The van der Waals surface area contributed by atoms with Crippen molar-refractivity contribution < 1.29 is 4.39 Å². The van der Waals surface area contributed by atoms with Gasteiger partial charge in [0.2, 0.25) is 0 Å². The molecular formula is C9H8FNS. The molecule has 0 fully saturated rings. The van der Waals surface area contributed by atoms with E-state index < -0.39 is 0 Å². The zero-order chi connectivity index (χ0) is 8.97. The number of nitrogens with zero attached hydrogens (tertiary/aromatic N) is 1. The Bertz CT molecular complexity index is 338. The second kappa shape index (κ2) is 4.13. The molecule has 0 unspecified atom stereocenters. The van der Waals surface area contributed by atoms with Gasteiger partial charge in [-0.25, -0.2) is 9.37 Å². The van der Waals surface area contributed by atoms with Crippen molar-refractivity contribution in [2.24, 2.45) is 0 Å². The summed E-state index contributed by atoms with van der Waals surface area (Å²) in [7, 11) is 0. The van der Waals surface area contributed by atoms with E-state index in [-0.39, 0.29) is 5.82 Å². The summed E-state index contributed by atoms with van der Waals surface area (Å²) < 4.78 is 12.7. The number of rotatable bonds is 0. The third kappa shape index (κ3) is 2.24. The van der Waals surface area contributed by atoms with Crippen LogP contribution in [0.3, 0.4) is 0 Å². The molecule has 0 aromatic carbocycles. The van der Waals surface area contributed by atoms with Crippen molar-refractivity contribution in [3.05, 3.63) is 29.3 Å². The smallest absolute Gasteiger partial charge is 0.144 e. The number of pyridine rings is 1. The molecule has 0 saturated carbocycles. The summed E-state index contributed by atoms with van der Waals surface area (Å²) in [6.07, 6.45) is 0. The normalized spacial score (nSPS) is 8.92. The minimum atomic E-state index is -0.300. The Morgan fingerprint density at radius 3 is 2.92 bits per heavy atom. The van der Waals surface area contributed by atoms with Gasteiger partial charge in [-0.3, -0.25) is 0 Å². The Morgan fingerprint density at radius 2 is 2.33 bits per heavy atom. The van der Waals surface area contributed by atoms with Crippen LogP contribution in [0, 0.1) is 24.6 Å². The molecular weight excluding hydrogens is 173 g/mol. The van der Waals surface area contributed by atoms with Crippen molar-refractivity contribution in [1.29, 1.82) is 0 Å². The third-order valence-electron chi connectivity index (χ3n) is 1.32. The Morgan fingerprint density at radius 1 is 1.58 bits per heavy atom. The first-order chi connectivity index (χ1) is 5.74. The van der Waals surface area contributed by atoms with Gasteiger partial charge in [-0.2, -0.15) is 12.6 Å². The molecule has 0 saturated heterocycles. The van der Waals surface area contributed by atoms with Gasteiger partial charge in [0.25, 0.3) is 0 Å². The van der Waals surface area contributed by atoms with Crippen LogP contribution >= 0.6 is 12.6 Å². The van der Waals surface area contributed by atoms with Crippen molar-refractivity contribution in [3.8, 4) is 11.8 Å². The van der Waals surface area contributed by atoms with Crippen molar-refractivity contribution in [2.75, 3.05) is 5.75 Å². The fourth-order valence-corrected chi connectivity index (χ4v) is 0.823. The number of aromatic nitrogens is 1. The number of halogens is 1. The number of thiol groups is 1. The van der Waals surface area contributed by atoms with Crippen molar-refractivity contribution in [2.45, 2.75) is 6.92 Å². The zero-order valence-electron chi connectivity index (χ0n) is 6.63. The highest BCUT2D eigenvalue weighted by atomic mass is 32.1. The first-order valence-corrected chi connectivity index (χ1v) is 4.10. The molecule has 1 nitrogen and oxygen atoms in total. The SMILES string of the molecule is Cc1nc(C#CCS)ccc1F. The second-order valence-corrected chi connectivity index (χ2v) is 2.54. The number of hydrogen-bond donors (Lipinski definition) is 1. The fraction of sp³-hybridized carbons (Fsp3) is 0.222. The topological polar surface area (TPSA) is 12.9 Å². The van der Waals surface area contributed by atoms with Gasteiger partial charge >= 0.3 is 0 Å². The van der Waals surface area contributed by atoms with Crippen LogP contribution in [0.2, 0.25) is 0 Å². The van der Waals surface area contributed by atoms with E-state index in [9.17, 15) is 4.39 Å². The Hall–Kier alpha value is -1.01. The molecule has 0 amide bonds. The van der Waals surface area contributed by atoms with E-state index >= 15 is 0 Å². The van der Waals surface area contributed by atoms with Gasteiger partial charge in [0, 0.05) is 0 Å². The van der Waals surface area contributed by atoms with Crippen molar-refractivity contribution in [3.63, 3.8) is 0 Å². The van der Waals surface area contributed by atoms with E-state index in [0.717, 1.165) is 0 Å². The molecule has 0 aliphatic heterocycles. The molecule has 0 bridgehead atoms. The first kappa shape index (κ1) is 9.08. The summed E-state index contributed by atoms with van der Waals surface area (Å²) in [6.45, 7) is 1.61. The zero-order valence-corrected chi connectivity index (χ0v) is 7.53. The molecule has 1 aromatic rings. The lowest BCUT2D eigenvalue weighted by atomic mass is 10.3. The standard InChI is InChI=1S/C9H8FNS/c1-7-9(10)5-4-8(11-7)3-2-6-12/h4-5,12H,6H2,1H3. The molecule has 0 radical (unpaired) electrons. The molecule has 0 spiro atoms. The predicted octanol–water partition coefficient (Wildman–Crippen LogP) is 1.81. The molecule has 12 heavy (non-hydrogen) atoms. The lowest BCUT2D eigenvalue weighted by Gasteiger charge is -1.94. The summed E-state index contributed by atoms with van der Waals surface area (Å²) in [5.74, 6) is 5.68. The average Bonchev–Trinajstić information content (AvgIpc) is 2.07. The molecule has 1 aromatic heterocycles. The van der Waals surface area contributed by atoms with Crippen LogP contribution in [0.4, 0.5) is 4.39 Å². The Labute approximate surface area is 76.4 Å². The molecule has 0 atom stereocenters. The van der Waals surface area contributed by atoms with Crippen LogP contribution in [-0.2, 0) is 0 Å². The maximum Gasteiger partial charge on any atom is 0.144 e. The highest BCUT2D eigenvalue weighted by Crippen LogP contribution is 2.02. The highest BCUT2D eigenvalue weighted by Gasteiger charge is 1.96. The lowest BCUT2D eigenvalue weighted by molar-refractivity contribution is 0.609. The third-order valence-corrected chi connectivity index (χ3v) is 1.47. The van der Waals surface area contributed by atoms with Gasteiger partial charge in [-0.1, -0.05) is 5.92 Å². The quantitative estimate of drug-likeness (QED) is 0.476. The molecule has 1 rings (SSSR count). The monoisotopic (exact) mass is 181 g/mol.